The highest BCUT2D eigenvalue weighted by atomic mass is 19.1. The minimum atomic E-state index is -0.884. The molecule has 3 heterocycles. The molecule has 5 rings (SSSR count). The van der Waals surface area contributed by atoms with Gasteiger partial charge in [-0.05, 0) is 24.6 Å². The van der Waals surface area contributed by atoms with Gasteiger partial charge in [0.25, 0.3) is 0 Å². The summed E-state index contributed by atoms with van der Waals surface area (Å²) in [7, 11) is 0. The third-order valence-electron chi connectivity index (χ3n) is 6.91. The molecule has 0 unspecified atom stereocenters. The number of aryl methyl sites for hydroxylation is 1. The molecule has 2 aromatic carbocycles. The molecule has 3 aliphatic heterocycles. The number of hydrogen-bond acceptors (Lipinski definition) is 2. The minimum Gasteiger partial charge on any atom is -0.379 e. The number of carbonyl (C=O) groups excluding carboxylic acids is 1. The Kier molecular flexibility index (Phi) is 5.11. The van der Waals surface area contributed by atoms with E-state index < -0.39 is 5.60 Å². The lowest BCUT2D eigenvalue weighted by Gasteiger charge is -2.56. The molecule has 0 spiro atoms. The van der Waals surface area contributed by atoms with Crippen LogP contribution in [0.4, 0.5) is 4.39 Å². The van der Waals surface area contributed by atoms with Crippen molar-refractivity contribution in [3.8, 4) is 0 Å². The van der Waals surface area contributed by atoms with Crippen LogP contribution in [-0.2, 0) is 5.60 Å². The van der Waals surface area contributed by atoms with Crippen molar-refractivity contribution in [1.82, 2.24) is 0 Å². The highest BCUT2D eigenvalue weighted by Crippen LogP contribution is 2.46. The van der Waals surface area contributed by atoms with E-state index in [2.05, 4.69) is 0 Å². The summed E-state index contributed by atoms with van der Waals surface area (Å²) in [6.07, 6.45) is 3.35. The Hall–Kier alpha value is -2.04. The van der Waals surface area contributed by atoms with E-state index in [1.54, 1.807) is 12.1 Å². The number of Topliss-reactive ketones (excluding diaryl/α,β-unsaturated/α-hetero) is 1. The fourth-order valence-electron chi connectivity index (χ4n) is 5.22. The van der Waals surface area contributed by atoms with Gasteiger partial charge in [-0.25, -0.2) is 4.39 Å². The molecule has 3 saturated heterocycles. The lowest BCUT2D eigenvalue weighted by Crippen LogP contribution is -2.67. The lowest BCUT2D eigenvalue weighted by molar-refractivity contribution is -0.952. The number of hydrogen-bond donors (Lipinski definition) is 1. The molecule has 2 bridgehead atoms. The topological polar surface area (TPSA) is 37.3 Å². The van der Waals surface area contributed by atoms with Gasteiger partial charge in [0.1, 0.15) is 18.0 Å². The van der Waals surface area contributed by atoms with Crippen LogP contribution in [0.5, 0.6) is 0 Å². The predicted molar refractivity (Wildman–Crippen MR) is 107 cm³/mol. The maximum absolute atomic E-state index is 13.3. The number of nitrogens with zero attached hydrogens (tertiary/aromatic N) is 1. The molecule has 1 atom stereocenters. The standard InChI is InChI=1S/C24H29FNO2/c1-18-4-6-19(7-5-18)23(27)3-2-14-26-15-12-21(13-16-26)24(28,17-26)20-8-10-22(25)11-9-20/h4-11,21,28H,2-3,12-17H2,1H3/q+1/t21?,24-,26?/m0/s1. The summed E-state index contributed by atoms with van der Waals surface area (Å²) in [5, 5.41) is 11.5. The van der Waals surface area contributed by atoms with Gasteiger partial charge in [0.15, 0.2) is 5.78 Å². The van der Waals surface area contributed by atoms with Gasteiger partial charge in [0.2, 0.25) is 0 Å². The predicted octanol–water partition coefficient (Wildman–Crippen LogP) is 4.23. The van der Waals surface area contributed by atoms with Crippen LogP contribution in [-0.4, -0.2) is 41.6 Å². The third-order valence-corrected chi connectivity index (χ3v) is 6.91. The maximum Gasteiger partial charge on any atom is 0.163 e. The Balaban J connectivity index is 1.42. The van der Waals surface area contributed by atoms with Crippen LogP contribution in [0.3, 0.4) is 0 Å². The van der Waals surface area contributed by atoms with Crippen molar-refractivity contribution < 1.29 is 18.8 Å². The van der Waals surface area contributed by atoms with Gasteiger partial charge >= 0.3 is 0 Å². The largest absolute Gasteiger partial charge is 0.379 e. The van der Waals surface area contributed by atoms with E-state index in [4.69, 9.17) is 0 Å². The molecule has 28 heavy (non-hydrogen) atoms. The minimum absolute atomic E-state index is 0.193. The highest BCUT2D eigenvalue weighted by Gasteiger charge is 2.54. The zero-order chi connectivity index (χ0) is 19.8. The average molecular weight is 382 g/mol. The number of carbonyl (C=O) groups is 1. The van der Waals surface area contributed by atoms with Crippen molar-refractivity contribution in [2.24, 2.45) is 5.92 Å². The number of quaternary nitrogens is 1. The van der Waals surface area contributed by atoms with Crippen LogP contribution >= 0.6 is 0 Å². The Labute approximate surface area is 166 Å². The monoisotopic (exact) mass is 382 g/mol. The second-order valence-electron chi connectivity index (χ2n) is 8.77. The van der Waals surface area contributed by atoms with E-state index in [1.807, 2.05) is 31.2 Å². The number of halogens is 1. The van der Waals surface area contributed by atoms with Gasteiger partial charge < -0.3 is 9.59 Å². The number of aliphatic hydroxyl groups is 1. The summed E-state index contributed by atoms with van der Waals surface area (Å²) in [5.41, 5.74) is 1.89. The Morgan fingerprint density at radius 3 is 2.39 bits per heavy atom. The number of ketones is 1. The molecule has 0 saturated carbocycles. The van der Waals surface area contributed by atoms with Gasteiger partial charge in [-0.1, -0.05) is 42.0 Å². The summed E-state index contributed by atoms with van der Waals surface area (Å²) in [5.74, 6) is 0.165. The van der Waals surface area contributed by atoms with Crippen LogP contribution < -0.4 is 0 Å². The average Bonchev–Trinajstić information content (AvgIpc) is 2.69. The van der Waals surface area contributed by atoms with E-state index in [9.17, 15) is 14.3 Å². The summed E-state index contributed by atoms with van der Waals surface area (Å²) in [6.45, 7) is 5.72. The summed E-state index contributed by atoms with van der Waals surface area (Å²) < 4.78 is 14.2. The number of piperidine rings is 3. The molecule has 0 aliphatic carbocycles. The Morgan fingerprint density at radius 1 is 1.11 bits per heavy atom. The number of fused-ring (bicyclic) bond motifs is 3. The van der Waals surface area contributed by atoms with Gasteiger partial charge in [0, 0.05) is 37.2 Å². The summed E-state index contributed by atoms with van der Waals surface area (Å²) >= 11 is 0. The van der Waals surface area contributed by atoms with E-state index in [-0.39, 0.29) is 17.5 Å². The molecule has 2 aromatic rings. The first kappa shape index (κ1) is 19.3. The first-order valence-corrected chi connectivity index (χ1v) is 10.3. The highest BCUT2D eigenvalue weighted by molar-refractivity contribution is 5.96. The van der Waals surface area contributed by atoms with Crippen molar-refractivity contribution in [1.29, 1.82) is 0 Å². The van der Waals surface area contributed by atoms with E-state index in [0.29, 0.717) is 13.0 Å². The normalized spacial score (nSPS) is 29.0. The van der Waals surface area contributed by atoms with Crippen LogP contribution in [0.15, 0.2) is 48.5 Å². The molecule has 0 radical (unpaired) electrons. The Morgan fingerprint density at radius 2 is 1.75 bits per heavy atom. The SMILES string of the molecule is Cc1ccc(C(=O)CCC[N+]23CCC(CC2)[C@@](O)(c2ccc(F)cc2)C3)cc1. The molecule has 3 nitrogen and oxygen atoms in total. The third kappa shape index (κ3) is 3.63. The van der Waals surface area contributed by atoms with Gasteiger partial charge in [-0.15, -0.1) is 0 Å². The lowest BCUT2D eigenvalue weighted by atomic mass is 9.70. The van der Waals surface area contributed by atoms with Crippen LogP contribution in [0.25, 0.3) is 0 Å². The van der Waals surface area contributed by atoms with Crippen molar-refractivity contribution >= 4 is 5.78 Å². The van der Waals surface area contributed by atoms with Crippen LogP contribution in [0, 0.1) is 18.7 Å². The fraction of sp³-hybridized carbons (Fsp3) is 0.458. The van der Waals surface area contributed by atoms with E-state index >= 15 is 0 Å². The van der Waals surface area contributed by atoms with Gasteiger partial charge in [-0.3, -0.25) is 4.79 Å². The molecule has 3 fully saturated rings. The fourth-order valence-corrected chi connectivity index (χ4v) is 5.22. The Bertz CT molecular complexity index is 838. The van der Waals surface area contributed by atoms with Gasteiger partial charge in [-0.2, -0.15) is 0 Å². The summed E-state index contributed by atoms with van der Waals surface area (Å²) in [6, 6.07) is 14.1. The molecule has 3 aliphatic rings. The molecule has 1 N–H and O–H groups in total. The van der Waals surface area contributed by atoms with E-state index in [0.717, 1.165) is 60.1 Å². The first-order valence-electron chi connectivity index (χ1n) is 10.3. The molecule has 0 amide bonds. The zero-order valence-electron chi connectivity index (χ0n) is 16.5. The van der Waals surface area contributed by atoms with Gasteiger partial charge in [0.05, 0.1) is 19.6 Å². The van der Waals surface area contributed by atoms with Crippen LogP contribution in [0.1, 0.15) is 47.2 Å². The second-order valence-corrected chi connectivity index (χ2v) is 8.77. The summed E-state index contributed by atoms with van der Waals surface area (Å²) in [4.78, 5) is 12.5. The van der Waals surface area contributed by atoms with Crippen molar-refractivity contribution in [3.63, 3.8) is 0 Å². The molecule has 148 valence electrons. The van der Waals surface area contributed by atoms with Crippen molar-refractivity contribution in [3.05, 3.63) is 71.0 Å². The molecule has 0 aromatic heterocycles. The van der Waals surface area contributed by atoms with Crippen LogP contribution in [0.2, 0.25) is 0 Å². The maximum atomic E-state index is 13.3. The molecule has 4 heteroatoms. The van der Waals surface area contributed by atoms with E-state index in [1.165, 1.54) is 12.1 Å². The first-order chi connectivity index (χ1) is 13.4. The molecular formula is C24H29FNO2+. The number of rotatable bonds is 6. The number of benzene rings is 2. The molecular weight excluding hydrogens is 353 g/mol. The second kappa shape index (κ2) is 7.41. The zero-order valence-corrected chi connectivity index (χ0v) is 16.5. The quantitative estimate of drug-likeness (QED) is 0.600. The van der Waals surface area contributed by atoms with Crippen molar-refractivity contribution in [2.45, 2.75) is 38.2 Å². The smallest absolute Gasteiger partial charge is 0.163 e. The van der Waals surface area contributed by atoms with Crippen molar-refractivity contribution in [2.75, 3.05) is 26.2 Å².